The van der Waals surface area contributed by atoms with E-state index in [0.717, 1.165) is 23.3 Å². The van der Waals surface area contributed by atoms with Crippen molar-refractivity contribution in [2.24, 2.45) is 5.73 Å². The van der Waals surface area contributed by atoms with Gasteiger partial charge < -0.3 is 10.5 Å². The molecule has 0 saturated heterocycles. The van der Waals surface area contributed by atoms with Gasteiger partial charge in [-0.2, -0.15) is 26.3 Å². The molecule has 0 fully saturated rings. The lowest BCUT2D eigenvalue weighted by atomic mass is 9.98. The molecule has 0 unspecified atom stereocenters. The van der Waals surface area contributed by atoms with E-state index in [1.165, 1.54) is 18.3 Å². The quantitative estimate of drug-likeness (QED) is 0.470. The molecule has 1 aromatic heterocycles. The summed E-state index contributed by atoms with van der Waals surface area (Å²) >= 11 is 0. The predicted molar refractivity (Wildman–Crippen MR) is 114 cm³/mol. The van der Waals surface area contributed by atoms with Gasteiger partial charge in [-0.1, -0.05) is 6.07 Å². The lowest BCUT2D eigenvalue weighted by Gasteiger charge is -2.29. The topological polar surface area (TPSA) is 68.5 Å². The van der Waals surface area contributed by atoms with Gasteiger partial charge in [0.1, 0.15) is 5.75 Å². The van der Waals surface area contributed by atoms with Crippen LogP contribution in [0.1, 0.15) is 38.2 Å². The Labute approximate surface area is 196 Å². The van der Waals surface area contributed by atoms with Crippen LogP contribution < -0.4 is 10.5 Å². The summed E-state index contributed by atoms with van der Waals surface area (Å²) in [4.78, 5) is 16.9. The van der Waals surface area contributed by atoms with E-state index in [2.05, 4.69) is 4.98 Å². The number of aromatic nitrogens is 1. The monoisotopic (exact) mass is 495 g/mol. The zero-order valence-electron chi connectivity index (χ0n) is 18.1. The van der Waals surface area contributed by atoms with Gasteiger partial charge in [0, 0.05) is 31.9 Å². The van der Waals surface area contributed by atoms with Gasteiger partial charge in [0.25, 0.3) is 0 Å². The van der Waals surface area contributed by atoms with Gasteiger partial charge in [-0.15, -0.1) is 0 Å². The first kappa shape index (κ1) is 24.5. The fraction of sp³-hybridized carbons (Fsp3) is 0.250. The van der Waals surface area contributed by atoms with Gasteiger partial charge in [-0.3, -0.25) is 9.69 Å². The van der Waals surface area contributed by atoms with E-state index in [1.807, 2.05) is 6.07 Å². The summed E-state index contributed by atoms with van der Waals surface area (Å²) in [7, 11) is 0. The molecular formula is C24H19F6N3O2. The number of pyridine rings is 1. The first-order chi connectivity index (χ1) is 16.4. The van der Waals surface area contributed by atoms with Gasteiger partial charge in [0.2, 0.25) is 11.8 Å². The second-order valence-electron chi connectivity index (χ2n) is 8.16. The highest BCUT2D eigenvalue weighted by atomic mass is 19.4. The average Bonchev–Trinajstić information content (AvgIpc) is 2.78. The Morgan fingerprint density at radius 3 is 2.20 bits per heavy atom. The van der Waals surface area contributed by atoms with Crippen LogP contribution in [0.2, 0.25) is 0 Å². The molecule has 2 aromatic carbocycles. The molecule has 0 spiro atoms. The van der Waals surface area contributed by atoms with E-state index in [-0.39, 0.29) is 29.6 Å². The van der Waals surface area contributed by atoms with Crippen molar-refractivity contribution in [3.05, 3.63) is 88.1 Å². The third kappa shape index (κ3) is 5.91. The smallest absolute Gasteiger partial charge is 0.416 e. The molecule has 1 aliphatic heterocycles. The van der Waals surface area contributed by atoms with Gasteiger partial charge in [0.15, 0.2) is 0 Å². The maximum absolute atomic E-state index is 13.1. The maximum Gasteiger partial charge on any atom is 0.416 e. The first-order valence-electron chi connectivity index (χ1n) is 10.4. The molecule has 1 amide bonds. The molecule has 2 N–H and O–H groups in total. The number of carbonyl (C=O) groups excluding carboxylic acids is 1. The summed E-state index contributed by atoms with van der Waals surface area (Å²) in [5.74, 6) is 0.156. The third-order valence-electron chi connectivity index (χ3n) is 5.57. The summed E-state index contributed by atoms with van der Waals surface area (Å²) in [6.07, 6.45) is -7.93. The van der Waals surface area contributed by atoms with Crippen LogP contribution in [0.4, 0.5) is 26.3 Å². The number of alkyl halides is 6. The fourth-order valence-corrected chi connectivity index (χ4v) is 3.86. The Kier molecular flexibility index (Phi) is 6.46. The van der Waals surface area contributed by atoms with Crippen molar-refractivity contribution in [1.29, 1.82) is 0 Å². The number of nitrogens with zero attached hydrogens (tertiary/aromatic N) is 2. The molecular weight excluding hydrogens is 476 g/mol. The number of ether oxygens (including phenoxy) is 1. The molecule has 11 heteroatoms. The highest BCUT2D eigenvalue weighted by Gasteiger charge is 2.37. The number of nitrogens with two attached hydrogens (primary N) is 1. The lowest BCUT2D eigenvalue weighted by molar-refractivity contribution is -0.143. The lowest BCUT2D eigenvalue weighted by Crippen LogP contribution is -2.30. The molecule has 0 saturated carbocycles. The normalized spacial score (nSPS) is 14.5. The summed E-state index contributed by atoms with van der Waals surface area (Å²) in [6.45, 7) is 0.749. The SMILES string of the molecule is NC(=O)c1ccc(Oc2ccc3c(c2)CCN(Cc2cc(C(F)(F)F)cc(C(F)(F)F)c2)C3)nc1. The van der Waals surface area contributed by atoms with Crippen molar-refractivity contribution in [3.8, 4) is 11.6 Å². The van der Waals surface area contributed by atoms with Crippen LogP contribution in [0.3, 0.4) is 0 Å². The van der Waals surface area contributed by atoms with Crippen molar-refractivity contribution >= 4 is 5.91 Å². The zero-order chi connectivity index (χ0) is 25.4. The minimum Gasteiger partial charge on any atom is -0.439 e. The van der Waals surface area contributed by atoms with Crippen LogP contribution in [-0.2, 0) is 31.9 Å². The molecule has 5 nitrogen and oxygen atoms in total. The first-order valence-corrected chi connectivity index (χ1v) is 10.4. The van der Waals surface area contributed by atoms with Crippen molar-refractivity contribution in [3.63, 3.8) is 0 Å². The number of hydrogen-bond donors (Lipinski definition) is 1. The van der Waals surface area contributed by atoms with Crippen LogP contribution in [0, 0.1) is 0 Å². The van der Waals surface area contributed by atoms with E-state index < -0.39 is 29.4 Å². The second-order valence-corrected chi connectivity index (χ2v) is 8.16. The summed E-state index contributed by atoms with van der Waals surface area (Å²) in [5.41, 5.74) is 4.57. The number of halogens is 6. The van der Waals surface area contributed by atoms with E-state index >= 15 is 0 Å². The third-order valence-corrected chi connectivity index (χ3v) is 5.57. The fourth-order valence-electron chi connectivity index (χ4n) is 3.86. The van der Waals surface area contributed by atoms with Gasteiger partial charge in [-0.05, 0) is 59.5 Å². The van der Waals surface area contributed by atoms with Crippen molar-refractivity contribution in [1.82, 2.24) is 9.88 Å². The Morgan fingerprint density at radius 1 is 0.943 bits per heavy atom. The minimum atomic E-state index is -4.88. The Morgan fingerprint density at radius 2 is 1.63 bits per heavy atom. The standard InChI is InChI=1S/C24H19F6N3O2/c25-23(26,27)18-7-14(8-19(10-18)24(28,29)30)12-33-6-5-15-9-20(3-1-17(15)13-33)35-21-4-2-16(11-32-21)22(31)34/h1-4,7-11H,5-6,12-13H2,(H2,31,34). The van der Waals surface area contributed by atoms with Gasteiger partial charge >= 0.3 is 12.4 Å². The molecule has 2 heterocycles. The molecule has 35 heavy (non-hydrogen) atoms. The molecule has 0 radical (unpaired) electrons. The number of hydrogen-bond acceptors (Lipinski definition) is 4. The van der Waals surface area contributed by atoms with Crippen molar-refractivity contribution in [2.75, 3.05) is 6.54 Å². The van der Waals surface area contributed by atoms with E-state index in [0.29, 0.717) is 25.3 Å². The van der Waals surface area contributed by atoms with Crippen molar-refractivity contribution < 1.29 is 35.9 Å². The van der Waals surface area contributed by atoms with Crippen LogP contribution in [0.15, 0.2) is 54.7 Å². The number of benzene rings is 2. The minimum absolute atomic E-state index is 0.0546. The van der Waals surface area contributed by atoms with E-state index in [1.54, 1.807) is 17.0 Å². The summed E-state index contributed by atoms with van der Waals surface area (Å²) in [5, 5.41) is 0. The molecule has 184 valence electrons. The number of rotatable bonds is 5. The number of primary amides is 1. The van der Waals surface area contributed by atoms with Crippen molar-refractivity contribution in [2.45, 2.75) is 31.9 Å². The molecule has 4 rings (SSSR count). The highest BCUT2D eigenvalue weighted by molar-refractivity contribution is 5.92. The van der Waals surface area contributed by atoms with Crippen LogP contribution in [0.25, 0.3) is 0 Å². The Bertz CT molecular complexity index is 1210. The Balaban J connectivity index is 1.48. The second kappa shape index (κ2) is 9.21. The summed E-state index contributed by atoms with van der Waals surface area (Å²) < 4.78 is 84.6. The van der Waals surface area contributed by atoms with Crippen LogP contribution >= 0.6 is 0 Å². The molecule has 1 aliphatic rings. The number of amides is 1. The van der Waals surface area contributed by atoms with Crippen LogP contribution in [-0.4, -0.2) is 22.3 Å². The molecule has 0 atom stereocenters. The number of carbonyl (C=O) groups is 1. The average molecular weight is 495 g/mol. The zero-order valence-corrected chi connectivity index (χ0v) is 18.1. The van der Waals surface area contributed by atoms with E-state index in [9.17, 15) is 31.1 Å². The molecule has 3 aromatic rings. The predicted octanol–water partition coefficient (Wildman–Crippen LogP) is 5.57. The number of fused-ring (bicyclic) bond motifs is 1. The molecule has 0 bridgehead atoms. The maximum atomic E-state index is 13.1. The van der Waals surface area contributed by atoms with Crippen LogP contribution in [0.5, 0.6) is 11.6 Å². The van der Waals surface area contributed by atoms with Gasteiger partial charge in [-0.25, -0.2) is 4.98 Å². The Hall–Kier alpha value is -3.60. The largest absolute Gasteiger partial charge is 0.439 e. The highest BCUT2D eigenvalue weighted by Crippen LogP contribution is 2.37. The summed E-state index contributed by atoms with van der Waals surface area (Å²) in [6, 6.07) is 9.94. The van der Waals surface area contributed by atoms with E-state index in [4.69, 9.17) is 10.5 Å². The molecule has 0 aliphatic carbocycles. The van der Waals surface area contributed by atoms with Gasteiger partial charge in [0.05, 0.1) is 16.7 Å².